The molecule has 0 aliphatic heterocycles. The fourth-order valence-electron chi connectivity index (χ4n) is 1.16. The molecule has 0 aromatic heterocycles. The molecule has 0 aliphatic carbocycles. The summed E-state index contributed by atoms with van der Waals surface area (Å²) < 4.78 is 0. The Labute approximate surface area is 78.7 Å². The standard InChI is InChI=1S/C11H15NO/c1-3-8(2)11(12)9-5-4-6-10(13)7-9/h4-8,12-13H,3H2,1-2H3. The first-order valence-electron chi connectivity index (χ1n) is 4.53. The van der Waals surface area contributed by atoms with Crippen LogP contribution in [0.25, 0.3) is 0 Å². The van der Waals surface area contributed by atoms with Gasteiger partial charge in [-0.2, -0.15) is 0 Å². The first-order valence-corrected chi connectivity index (χ1v) is 4.53. The molecular weight excluding hydrogens is 162 g/mol. The second kappa shape index (κ2) is 4.08. The number of phenolic OH excluding ortho intramolecular Hbond substituents is 1. The van der Waals surface area contributed by atoms with Crippen LogP contribution in [0.5, 0.6) is 5.75 Å². The lowest BCUT2D eigenvalue weighted by atomic mass is 9.96. The van der Waals surface area contributed by atoms with Crippen molar-refractivity contribution < 1.29 is 5.11 Å². The van der Waals surface area contributed by atoms with Gasteiger partial charge in [0.25, 0.3) is 0 Å². The fraction of sp³-hybridized carbons (Fsp3) is 0.364. The van der Waals surface area contributed by atoms with Crippen molar-refractivity contribution in [1.29, 1.82) is 5.41 Å². The average molecular weight is 177 g/mol. The molecule has 13 heavy (non-hydrogen) atoms. The van der Waals surface area contributed by atoms with Crippen LogP contribution in [-0.2, 0) is 0 Å². The average Bonchev–Trinajstić information content (AvgIpc) is 2.15. The highest BCUT2D eigenvalue weighted by molar-refractivity contribution is 5.99. The van der Waals surface area contributed by atoms with E-state index in [-0.39, 0.29) is 11.7 Å². The van der Waals surface area contributed by atoms with E-state index in [2.05, 4.69) is 6.92 Å². The Kier molecular flexibility index (Phi) is 3.07. The van der Waals surface area contributed by atoms with Gasteiger partial charge < -0.3 is 10.5 Å². The smallest absolute Gasteiger partial charge is 0.116 e. The van der Waals surface area contributed by atoms with E-state index in [9.17, 15) is 5.11 Å². The lowest BCUT2D eigenvalue weighted by Crippen LogP contribution is -2.09. The quantitative estimate of drug-likeness (QED) is 0.685. The van der Waals surface area contributed by atoms with E-state index in [1.54, 1.807) is 18.2 Å². The van der Waals surface area contributed by atoms with Gasteiger partial charge in [-0.3, -0.25) is 0 Å². The summed E-state index contributed by atoms with van der Waals surface area (Å²) in [5, 5.41) is 17.0. The Balaban J connectivity index is 2.89. The molecular formula is C11H15NO. The van der Waals surface area contributed by atoms with Crippen LogP contribution >= 0.6 is 0 Å². The number of nitrogens with one attached hydrogen (secondary N) is 1. The van der Waals surface area contributed by atoms with Crippen LogP contribution in [0.2, 0.25) is 0 Å². The summed E-state index contributed by atoms with van der Waals surface area (Å²) in [4.78, 5) is 0. The molecule has 0 aliphatic rings. The third-order valence-electron chi connectivity index (χ3n) is 2.26. The molecule has 0 fully saturated rings. The van der Waals surface area contributed by atoms with Gasteiger partial charge >= 0.3 is 0 Å². The summed E-state index contributed by atoms with van der Waals surface area (Å²) in [7, 11) is 0. The molecule has 2 nitrogen and oxygen atoms in total. The van der Waals surface area contributed by atoms with Crippen LogP contribution in [-0.4, -0.2) is 10.8 Å². The minimum Gasteiger partial charge on any atom is -0.508 e. The maximum atomic E-state index is 9.22. The molecule has 1 atom stereocenters. The molecule has 0 radical (unpaired) electrons. The van der Waals surface area contributed by atoms with Crippen molar-refractivity contribution in [2.75, 3.05) is 0 Å². The zero-order chi connectivity index (χ0) is 9.84. The Hall–Kier alpha value is -1.31. The second-order valence-corrected chi connectivity index (χ2v) is 3.27. The third kappa shape index (κ3) is 2.31. The lowest BCUT2D eigenvalue weighted by Gasteiger charge is -2.10. The minimum atomic E-state index is 0.227. The molecule has 0 saturated carbocycles. The molecule has 0 saturated heterocycles. The molecule has 1 aromatic rings. The number of benzene rings is 1. The summed E-state index contributed by atoms with van der Waals surface area (Å²) in [5.74, 6) is 0.479. The monoisotopic (exact) mass is 177 g/mol. The third-order valence-corrected chi connectivity index (χ3v) is 2.26. The van der Waals surface area contributed by atoms with Gasteiger partial charge in [-0.1, -0.05) is 26.0 Å². The molecule has 0 bridgehead atoms. The van der Waals surface area contributed by atoms with Crippen LogP contribution in [0.15, 0.2) is 24.3 Å². The first-order chi connectivity index (χ1) is 6.15. The van der Waals surface area contributed by atoms with E-state index < -0.39 is 0 Å². The number of aromatic hydroxyl groups is 1. The van der Waals surface area contributed by atoms with Crippen LogP contribution in [0.1, 0.15) is 25.8 Å². The zero-order valence-electron chi connectivity index (χ0n) is 8.04. The SMILES string of the molecule is CCC(C)C(=N)c1cccc(O)c1. The highest BCUT2D eigenvalue weighted by atomic mass is 16.3. The fourth-order valence-corrected chi connectivity index (χ4v) is 1.16. The Morgan fingerprint density at radius 2 is 2.23 bits per heavy atom. The van der Waals surface area contributed by atoms with Crippen LogP contribution < -0.4 is 0 Å². The predicted molar refractivity (Wildman–Crippen MR) is 54.4 cm³/mol. The summed E-state index contributed by atoms with van der Waals surface area (Å²) in [6.07, 6.45) is 0.953. The largest absolute Gasteiger partial charge is 0.508 e. The van der Waals surface area contributed by atoms with Gasteiger partial charge in [0, 0.05) is 5.71 Å². The molecule has 1 rings (SSSR count). The molecule has 2 heteroatoms. The summed E-state index contributed by atoms with van der Waals surface area (Å²) >= 11 is 0. The summed E-state index contributed by atoms with van der Waals surface area (Å²) in [5.41, 5.74) is 1.41. The Morgan fingerprint density at radius 3 is 2.77 bits per heavy atom. The van der Waals surface area contributed by atoms with E-state index in [0.29, 0.717) is 5.71 Å². The highest BCUT2D eigenvalue weighted by Crippen LogP contribution is 2.16. The Bertz CT molecular complexity index is 307. The van der Waals surface area contributed by atoms with Crippen molar-refractivity contribution in [2.45, 2.75) is 20.3 Å². The minimum absolute atomic E-state index is 0.227. The first kappa shape index (κ1) is 9.78. The number of phenols is 1. The van der Waals surface area contributed by atoms with E-state index in [1.807, 2.05) is 13.0 Å². The van der Waals surface area contributed by atoms with Crippen LogP contribution in [0, 0.1) is 11.3 Å². The van der Waals surface area contributed by atoms with E-state index in [0.717, 1.165) is 12.0 Å². The number of rotatable bonds is 3. The summed E-state index contributed by atoms with van der Waals surface area (Å²) in [6.45, 7) is 4.08. The van der Waals surface area contributed by atoms with Crippen molar-refractivity contribution in [3.05, 3.63) is 29.8 Å². The van der Waals surface area contributed by atoms with Gasteiger partial charge in [0.15, 0.2) is 0 Å². The van der Waals surface area contributed by atoms with Crippen molar-refractivity contribution in [2.24, 2.45) is 5.92 Å². The number of hydrogen-bond donors (Lipinski definition) is 2. The molecule has 2 N–H and O–H groups in total. The van der Waals surface area contributed by atoms with Gasteiger partial charge in [0.05, 0.1) is 0 Å². The molecule has 1 aromatic carbocycles. The maximum absolute atomic E-state index is 9.22. The molecule has 70 valence electrons. The van der Waals surface area contributed by atoms with Crippen molar-refractivity contribution in [1.82, 2.24) is 0 Å². The normalized spacial score (nSPS) is 12.5. The van der Waals surface area contributed by atoms with Gasteiger partial charge in [0.2, 0.25) is 0 Å². The van der Waals surface area contributed by atoms with Gasteiger partial charge in [-0.15, -0.1) is 0 Å². The lowest BCUT2D eigenvalue weighted by molar-refractivity contribution is 0.475. The topological polar surface area (TPSA) is 44.1 Å². The predicted octanol–water partition coefficient (Wildman–Crippen LogP) is 2.81. The van der Waals surface area contributed by atoms with Crippen molar-refractivity contribution in [3.8, 4) is 5.75 Å². The molecule has 0 spiro atoms. The Morgan fingerprint density at radius 1 is 1.54 bits per heavy atom. The van der Waals surface area contributed by atoms with Gasteiger partial charge in [0.1, 0.15) is 5.75 Å². The summed E-state index contributed by atoms with van der Waals surface area (Å²) in [6, 6.07) is 6.87. The van der Waals surface area contributed by atoms with Crippen molar-refractivity contribution >= 4 is 5.71 Å². The number of hydrogen-bond acceptors (Lipinski definition) is 2. The van der Waals surface area contributed by atoms with Crippen molar-refractivity contribution in [3.63, 3.8) is 0 Å². The molecule has 1 unspecified atom stereocenters. The highest BCUT2D eigenvalue weighted by Gasteiger charge is 2.08. The van der Waals surface area contributed by atoms with Gasteiger partial charge in [-0.25, -0.2) is 0 Å². The maximum Gasteiger partial charge on any atom is 0.116 e. The molecule has 0 amide bonds. The molecule has 0 heterocycles. The van der Waals surface area contributed by atoms with E-state index in [4.69, 9.17) is 5.41 Å². The van der Waals surface area contributed by atoms with E-state index in [1.165, 1.54) is 0 Å². The zero-order valence-corrected chi connectivity index (χ0v) is 8.04. The second-order valence-electron chi connectivity index (χ2n) is 3.27. The van der Waals surface area contributed by atoms with E-state index >= 15 is 0 Å². The van der Waals surface area contributed by atoms with Crippen LogP contribution in [0.4, 0.5) is 0 Å². The van der Waals surface area contributed by atoms with Gasteiger partial charge in [-0.05, 0) is 30.0 Å². The van der Waals surface area contributed by atoms with Crippen LogP contribution in [0.3, 0.4) is 0 Å².